The van der Waals surface area contributed by atoms with E-state index in [-0.39, 0.29) is 17.8 Å². The zero-order chi connectivity index (χ0) is 19.8. The normalized spacial score (nSPS) is 11.7. The Bertz CT molecular complexity index is 854. The van der Waals surface area contributed by atoms with E-state index in [4.69, 9.17) is 5.21 Å². The minimum Gasteiger partial charge on any atom is -0.350 e. The zero-order valence-corrected chi connectivity index (χ0v) is 15.1. The summed E-state index contributed by atoms with van der Waals surface area (Å²) >= 11 is 0. The SMILES string of the molecule is CC(C)NC(=O)C(=Cc1ccc(/C=C/C(=O)NO)cc1)c1ccc(F)cc1. The first-order chi connectivity index (χ1) is 12.9. The highest BCUT2D eigenvalue weighted by Gasteiger charge is 2.13. The van der Waals surface area contributed by atoms with Crippen LogP contribution in [0.4, 0.5) is 4.39 Å². The predicted molar refractivity (Wildman–Crippen MR) is 103 cm³/mol. The summed E-state index contributed by atoms with van der Waals surface area (Å²) in [6.45, 7) is 3.73. The van der Waals surface area contributed by atoms with Gasteiger partial charge in [0.25, 0.3) is 11.8 Å². The van der Waals surface area contributed by atoms with Crippen molar-refractivity contribution in [2.24, 2.45) is 0 Å². The maximum atomic E-state index is 13.2. The van der Waals surface area contributed by atoms with Crippen LogP contribution in [0.25, 0.3) is 17.7 Å². The molecule has 0 unspecified atom stereocenters. The minimum absolute atomic E-state index is 0.0356. The number of amides is 2. The summed E-state index contributed by atoms with van der Waals surface area (Å²) in [5.74, 6) is -1.24. The zero-order valence-electron chi connectivity index (χ0n) is 15.1. The molecule has 2 aromatic rings. The van der Waals surface area contributed by atoms with Crippen LogP contribution in [0.3, 0.4) is 0 Å². The van der Waals surface area contributed by atoms with Crippen LogP contribution in [0.1, 0.15) is 30.5 Å². The molecule has 2 aromatic carbocycles. The standard InChI is InChI=1S/C21H21FN2O3/c1-14(2)23-21(26)19(17-8-10-18(22)11-9-17)13-16-5-3-15(4-6-16)7-12-20(25)24-27/h3-14,27H,1-2H3,(H,23,26)(H,24,25)/b12-7+,19-13?. The molecular weight excluding hydrogens is 347 g/mol. The summed E-state index contributed by atoms with van der Waals surface area (Å²) in [4.78, 5) is 23.6. The van der Waals surface area contributed by atoms with Crippen LogP contribution < -0.4 is 10.8 Å². The Morgan fingerprint density at radius 2 is 1.59 bits per heavy atom. The average Bonchev–Trinajstić information content (AvgIpc) is 2.65. The van der Waals surface area contributed by atoms with Crippen molar-refractivity contribution in [3.63, 3.8) is 0 Å². The van der Waals surface area contributed by atoms with Gasteiger partial charge in [0, 0.05) is 17.7 Å². The lowest BCUT2D eigenvalue weighted by Crippen LogP contribution is -2.30. The van der Waals surface area contributed by atoms with Crippen molar-refractivity contribution in [2.45, 2.75) is 19.9 Å². The molecule has 0 aliphatic heterocycles. The third-order valence-corrected chi connectivity index (χ3v) is 3.60. The van der Waals surface area contributed by atoms with Gasteiger partial charge in [-0.2, -0.15) is 0 Å². The summed E-state index contributed by atoms with van der Waals surface area (Å²) in [6, 6.07) is 12.8. The molecule has 0 aliphatic rings. The molecule has 27 heavy (non-hydrogen) atoms. The lowest BCUT2D eigenvalue weighted by molar-refractivity contribution is -0.124. The monoisotopic (exact) mass is 368 g/mol. The summed E-state index contributed by atoms with van der Waals surface area (Å²) in [5, 5.41) is 11.3. The molecule has 0 spiro atoms. The van der Waals surface area contributed by atoms with E-state index in [1.54, 1.807) is 48.6 Å². The number of carbonyl (C=O) groups excluding carboxylic acids is 2. The third-order valence-electron chi connectivity index (χ3n) is 3.60. The van der Waals surface area contributed by atoms with Gasteiger partial charge >= 0.3 is 0 Å². The van der Waals surface area contributed by atoms with Crippen LogP contribution in [0.15, 0.2) is 54.6 Å². The Balaban J connectivity index is 2.33. The van der Waals surface area contributed by atoms with E-state index in [0.29, 0.717) is 11.1 Å². The van der Waals surface area contributed by atoms with Crippen molar-refractivity contribution >= 4 is 29.5 Å². The molecule has 140 valence electrons. The Hall–Kier alpha value is -3.25. The van der Waals surface area contributed by atoms with Crippen LogP contribution in [0.2, 0.25) is 0 Å². The van der Waals surface area contributed by atoms with Gasteiger partial charge in [0.15, 0.2) is 0 Å². The van der Waals surface area contributed by atoms with E-state index in [2.05, 4.69) is 5.32 Å². The molecule has 0 aliphatic carbocycles. The summed E-state index contributed by atoms with van der Waals surface area (Å²) in [6.07, 6.45) is 4.47. The second kappa shape index (κ2) is 9.45. The predicted octanol–water partition coefficient (Wildman–Crippen LogP) is 3.41. The smallest absolute Gasteiger partial charge is 0.267 e. The number of nitrogens with one attached hydrogen (secondary N) is 2. The van der Waals surface area contributed by atoms with Crippen LogP contribution in [-0.4, -0.2) is 23.1 Å². The fraction of sp³-hybridized carbons (Fsp3) is 0.143. The highest BCUT2D eigenvalue weighted by molar-refractivity contribution is 6.24. The largest absolute Gasteiger partial charge is 0.350 e. The van der Waals surface area contributed by atoms with E-state index >= 15 is 0 Å². The quantitative estimate of drug-likeness (QED) is 0.316. The fourth-order valence-corrected chi connectivity index (χ4v) is 2.33. The minimum atomic E-state index is -0.622. The van der Waals surface area contributed by atoms with E-state index < -0.39 is 5.91 Å². The topological polar surface area (TPSA) is 78.4 Å². The van der Waals surface area contributed by atoms with Crippen LogP contribution in [0, 0.1) is 5.82 Å². The first-order valence-corrected chi connectivity index (χ1v) is 8.39. The molecule has 0 bridgehead atoms. The Kier molecular flexibility index (Phi) is 7.02. The van der Waals surface area contributed by atoms with Gasteiger partial charge in [-0.3, -0.25) is 14.8 Å². The average molecular weight is 368 g/mol. The van der Waals surface area contributed by atoms with E-state index in [0.717, 1.165) is 11.1 Å². The molecule has 0 fully saturated rings. The van der Waals surface area contributed by atoms with Gasteiger partial charge in [-0.1, -0.05) is 36.4 Å². The van der Waals surface area contributed by atoms with Crippen molar-refractivity contribution in [1.82, 2.24) is 10.8 Å². The molecule has 3 N–H and O–H groups in total. The van der Waals surface area contributed by atoms with E-state index in [1.165, 1.54) is 23.7 Å². The molecule has 2 rings (SSSR count). The Labute approximate surface area is 157 Å². The van der Waals surface area contributed by atoms with Crippen LogP contribution in [0.5, 0.6) is 0 Å². The number of benzene rings is 2. The number of halogens is 1. The second-order valence-electron chi connectivity index (χ2n) is 6.17. The summed E-state index contributed by atoms with van der Waals surface area (Å²) in [7, 11) is 0. The van der Waals surface area contributed by atoms with Crippen molar-refractivity contribution in [3.05, 3.63) is 77.1 Å². The van der Waals surface area contributed by atoms with Crippen LogP contribution in [-0.2, 0) is 9.59 Å². The van der Waals surface area contributed by atoms with Crippen molar-refractivity contribution in [2.75, 3.05) is 0 Å². The molecular formula is C21H21FN2O3. The van der Waals surface area contributed by atoms with E-state index in [9.17, 15) is 14.0 Å². The summed E-state index contributed by atoms with van der Waals surface area (Å²) < 4.78 is 13.2. The van der Waals surface area contributed by atoms with Crippen LogP contribution >= 0.6 is 0 Å². The van der Waals surface area contributed by atoms with Gasteiger partial charge < -0.3 is 5.32 Å². The van der Waals surface area contributed by atoms with Gasteiger partial charge in [0.1, 0.15) is 5.82 Å². The number of rotatable bonds is 6. The lowest BCUT2D eigenvalue weighted by atomic mass is 10.0. The van der Waals surface area contributed by atoms with Gasteiger partial charge in [0.05, 0.1) is 0 Å². The molecule has 0 heterocycles. The molecule has 6 heteroatoms. The summed E-state index contributed by atoms with van der Waals surface area (Å²) in [5.41, 5.74) is 4.08. The second-order valence-corrected chi connectivity index (χ2v) is 6.17. The number of hydrogen-bond donors (Lipinski definition) is 3. The highest BCUT2D eigenvalue weighted by Crippen LogP contribution is 2.20. The number of carbonyl (C=O) groups is 2. The fourth-order valence-electron chi connectivity index (χ4n) is 2.33. The molecule has 0 atom stereocenters. The maximum absolute atomic E-state index is 13.2. The molecule has 2 amide bonds. The molecule has 0 saturated carbocycles. The Morgan fingerprint density at radius 1 is 1.00 bits per heavy atom. The third kappa shape index (κ3) is 6.20. The van der Waals surface area contributed by atoms with Gasteiger partial charge in [-0.25, -0.2) is 9.87 Å². The van der Waals surface area contributed by atoms with Crippen molar-refractivity contribution in [3.8, 4) is 0 Å². The lowest BCUT2D eigenvalue weighted by Gasteiger charge is -2.12. The molecule has 0 saturated heterocycles. The first kappa shape index (κ1) is 20.1. The highest BCUT2D eigenvalue weighted by atomic mass is 19.1. The maximum Gasteiger partial charge on any atom is 0.267 e. The van der Waals surface area contributed by atoms with Gasteiger partial charge in [-0.15, -0.1) is 0 Å². The van der Waals surface area contributed by atoms with Crippen molar-refractivity contribution in [1.29, 1.82) is 0 Å². The number of hydrogen-bond acceptors (Lipinski definition) is 3. The molecule has 0 radical (unpaired) electrons. The van der Waals surface area contributed by atoms with Gasteiger partial charge in [0.2, 0.25) is 0 Å². The van der Waals surface area contributed by atoms with Crippen molar-refractivity contribution < 1.29 is 19.2 Å². The molecule has 0 aromatic heterocycles. The van der Waals surface area contributed by atoms with E-state index in [1.807, 2.05) is 13.8 Å². The molecule has 5 nitrogen and oxygen atoms in total. The first-order valence-electron chi connectivity index (χ1n) is 8.39. The Morgan fingerprint density at radius 3 is 2.15 bits per heavy atom. The number of hydroxylamine groups is 1. The van der Waals surface area contributed by atoms with Gasteiger partial charge in [-0.05, 0) is 54.8 Å².